The Labute approximate surface area is 86.6 Å². The van der Waals surface area contributed by atoms with E-state index in [0.717, 1.165) is 12.0 Å². The summed E-state index contributed by atoms with van der Waals surface area (Å²) in [6.45, 7) is 10.1. The van der Waals surface area contributed by atoms with Crippen LogP contribution in [0.15, 0.2) is 30.4 Å². The molecule has 0 aliphatic carbocycles. The Morgan fingerprint density at radius 2 is 2.00 bits per heavy atom. The van der Waals surface area contributed by atoms with Crippen molar-refractivity contribution in [3.63, 3.8) is 0 Å². The zero-order chi connectivity index (χ0) is 10.7. The van der Waals surface area contributed by atoms with Gasteiger partial charge in [-0.2, -0.15) is 0 Å². The fraction of sp³-hybridized carbons (Fsp3) is 0.385. The molecule has 0 aliphatic rings. The first-order chi connectivity index (χ1) is 6.50. The average Bonchev–Trinajstić information content (AvgIpc) is 2.08. The van der Waals surface area contributed by atoms with Crippen molar-refractivity contribution >= 4 is 0 Å². The Morgan fingerprint density at radius 1 is 1.36 bits per heavy atom. The van der Waals surface area contributed by atoms with Crippen LogP contribution in [0, 0.1) is 13.8 Å². The van der Waals surface area contributed by atoms with E-state index in [1.807, 2.05) is 6.92 Å². The van der Waals surface area contributed by atoms with Crippen LogP contribution in [0.2, 0.25) is 0 Å². The zero-order valence-corrected chi connectivity index (χ0v) is 9.30. The molecule has 1 unspecified atom stereocenters. The van der Waals surface area contributed by atoms with Crippen LogP contribution in [0.1, 0.15) is 36.1 Å². The molecular weight excluding hydrogens is 170 g/mol. The van der Waals surface area contributed by atoms with Gasteiger partial charge < -0.3 is 5.73 Å². The first-order valence-electron chi connectivity index (χ1n) is 4.98. The van der Waals surface area contributed by atoms with E-state index in [-0.39, 0.29) is 6.04 Å². The van der Waals surface area contributed by atoms with Crippen LogP contribution in [0.3, 0.4) is 0 Å². The number of benzene rings is 1. The molecule has 14 heavy (non-hydrogen) atoms. The van der Waals surface area contributed by atoms with Crippen LogP contribution in [0.4, 0.5) is 0 Å². The molecule has 0 amide bonds. The summed E-state index contributed by atoms with van der Waals surface area (Å²) >= 11 is 0. The van der Waals surface area contributed by atoms with E-state index in [1.165, 1.54) is 16.7 Å². The highest BCUT2D eigenvalue weighted by molar-refractivity contribution is 5.32. The molecule has 1 aromatic carbocycles. The van der Waals surface area contributed by atoms with Crippen molar-refractivity contribution < 1.29 is 0 Å². The summed E-state index contributed by atoms with van der Waals surface area (Å²) in [5, 5.41) is 0. The molecule has 0 heterocycles. The fourth-order valence-electron chi connectivity index (χ4n) is 1.49. The smallest absolute Gasteiger partial charge is 0.0332 e. The van der Waals surface area contributed by atoms with Gasteiger partial charge in [0.05, 0.1) is 0 Å². The molecule has 0 aromatic heterocycles. The Morgan fingerprint density at radius 3 is 2.50 bits per heavy atom. The summed E-state index contributed by atoms with van der Waals surface area (Å²) < 4.78 is 0. The highest BCUT2D eigenvalue weighted by Crippen LogP contribution is 2.20. The Bertz CT molecular complexity index is 339. The minimum absolute atomic E-state index is 0.0896. The third-order valence-corrected chi connectivity index (χ3v) is 2.53. The van der Waals surface area contributed by atoms with Crippen LogP contribution in [0.5, 0.6) is 0 Å². The Hall–Kier alpha value is -1.08. The maximum atomic E-state index is 6.05. The van der Waals surface area contributed by atoms with Crippen LogP contribution < -0.4 is 5.73 Å². The van der Waals surface area contributed by atoms with Gasteiger partial charge in [0.15, 0.2) is 0 Å². The zero-order valence-electron chi connectivity index (χ0n) is 9.30. The van der Waals surface area contributed by atoms with Gasteiger partial charge in [0.25, 0.3) is 0 Å². The number of nitrogens with two attached hydrogens (primary N) is 1. The third-order valence-electron chi connectivity index (χ3n) is 2.53. The van der Waals surface area contributed by atoms with Gasteiger partial charge in [-0.05, 0) is 43.9 Å². The van der Waals surface area contributed by atoms with Gasteiger partial charge in [0, 0.05) is 6.04 Å². The number of hydrogen-bond acceptors (Lipinski definition) is 1. The molecule has 1 atom stereocenters. The topological polar surface area (TPSA) is 26.0 Å². The molecule has 2 N–H and O–H groups in total. The quantitative estimate of drug-likeness (QED) is 0.726. The molecule has 0 aliphatic heterocycles. The summed E-state index contributed by atoms with van der Waals surface area (Å²) in [4.78, 5) is 0. The molecule has 0 radical (unpaired) electrons. The van der Waals surface area contributed by atoms with Gasteiger partial charge in [-0.3, -0.25) is 0 Å². The summed E-state index contributed by atoms with van der Waals surface area (Å²) in [6.07, 6.45) is 0.864. The van der Waals surface area contributed by atoms with E-state index in [1.54, 1.807) is 0 Å². The molecular formula is C13H19N. The van der Waals surface area contributed by atoms with Crippen LogP contribution in [0.25, 0.3) is 0 Å². The molecule has 0 fully saturated rings. The van der Waals surface area contributed by atoms with Gasteiger partial charge in [-0.15, -0.1) is 6.58 Å². The van der Waals surface area contributed by atoms with Crippen molar-refractivity contribution in [1.29, 1.82) is 0 Å². The highest BCUT2D eigenvalue weighted by Gasteiger charge is 2.06. The second-order valence-corrected chi connectivity index (χ2v) is 4.11. The number of hydrogen-bond donors (Lipinski definition) is 1. The van der Waals surface area contributed by atoms with E-state index in [9.17, 15) is 0 Å². The third kappa shape index (κ3) is 2.71. The SMILES string of the molecule is C=C(C)CC(N)c1ccc(C)c(C)c1. The molecule has 0 spiro atoms. The first kappa shape index (κ1) is 11.0. The highest BCUT2D eigenvalue weighted by atomic mass is 14.6. The predicted octanol–water partition coefficient (Wildman–Crippen LogP) is 3.27. The first-order valence-corrected chi connectivity index (χ1v) is 4.98. The lowest BCUT2D eigenvalue weighted by molar-refractivity contribution is 0.716. The summed E-state index contributed by atoms with van der Waals surface area (Å²) in [5.41, 5.74) is 11.0. The lowest BCUT2D eigenvalue weighted by Crippen LogP contribution is -2.10. The molecule has 1 aromatic rings. The van der Waals surface area contributed by atoms with E-state index >= 15 is 0 Å². The standard InChI is InChI=1S/C13H19N/c1-9(2)7-13(14)12-6-5-10(3)11(4)8-12/h5-6,8,13H,1,7,14H2,2-4H3. The van der Waals surface area contributed by atoms with Crippen LogP contribution in [-0.2, 0) is 0 Å². The minimum Gasteiger partial charge on any atom is -0.324 e. The molecule has 1 nitrogen and oxygen atoms in total. The number of aryl methyl sites for hydroxylation is 2. The summed E-state index contributed by atoms with van der Waals surface area (Å²) in [7, 11) is 0. The lowest BCUT2D eigenvalue weighted by atomic mass is 9.98. The largest absolute Gasteiger partial charge is 0.324 e. The molecule has 1 rings (SSSR count). The van der Waals surface area contributed by atoms with E-state index < -0.39 is 0 Å². The summed E-state index contributed by atoms with van der Waals surface area (Å²) in [6, 6.07) is 6.49. The fourth-order valence-corrected chi connectivity index (χ4v) is 1.49. The van der Waals surface area contributed by atoms with Gasteiger partial charge >= 0.3 is 0 Å². The van der Waals surface area contributed by atoms with Gasteiger partial charge in [0.2, 0.25) is 0 Å². The van der Waals surface area contributed by atoms with Crippen LogP contribution >= 0.6 is 0 Å². The second kappa shape index (κ2) is 4.43. The van der Waals surface area contributed by atoms with E-state index in [0.29, 0.717) is 0 Å². The minimum atomic E-state index is 0.0896. The Balaban J connectivity index is 2.85. The van der Waals surface area contributed by atoms with Crippen molar-refractivity contribution in [2.75, 3.05) is 0 Å². The molecule has 1 heteroatoms. The van der Waals surface area contributed by atoms with Crippen molar-refractivity contribution in [2.24, 2.45) is 5.73 Å². The van der Waals surface area contributed by atoms with Crippen molar-refractivity contribution in [1.82, 2.24) is 0 Å². The van der Waals surface area contributed by atoms with Crippen molar-refractivity contribution in [3.8, 4) is 0 Å². The maximum Gasteiger partial charge on any atom is 0.0332 e. The Kier molecular flexibility index (Phi) is 3.48. The monoisotopic (exact) mass is 189 g/mol. The van der Waals surface area contributed by atoms with Gasteiger partial charge in [-0.25, -0.2) is 0 Å². The molecule has 76 valence electrons. The summed E-state index contributed by atoms with van der Waals surface area (Å²) in [5.74, 6) is 0. The van der Waals surface area contributed by atoms with Crippen molar-refractivity contribution in [3.05, 3.63) is 47.0 Å². The normalized spacial score (nSPS) is 12.6. The van der Waals surface area contributed by atoms with Gasteiger partial charge in [-0.1, -0.05) is 23.8 Å². The van der Waals surface area contributed by atoms with Crippen LogP contribution in [-0.4, -0.2) is 0 Å². The molecule has 0 saturated heterocycles. The van der Waals surface area contributed by atoms with E-state index in [4.69, 9.17) is 5.73 Å². The van der Waals surface area contributed by atoms with Gasteiger partial charge in [0.1, 0.15) is 0 Å². The predicted molar refractivity (Wildman–Crippen MR) is 62.3 cm³/mol. The second-order valence-electron chi connectivity index (χ2n) is 4.11. The number of rotatable bonds is 3. The molecule has 0 bridgehead atoms. The van der Waals surface area contributed by atoms with E-state index in [2.05, 4.69) is 38.6 Å². The lowest BCUT2D eigenvalue weighted by Gasteiger charge is -2.13. The van der Waals surface area contributed by atoms with Crippen molar-refractivity contribution in [2.45, 2.75) is 33.2 Å². The molecule has 0 saturated carbocycles. The average molecular weight is 189 g/mol. The maximum absolute atomic E-state index is 6.05.